The van der Waals surface area contributed by atoms with Gasteiger partial charge in [0.1, 0.15) is 23.1 Å². The summed E-state index contributed by atoms with van der Waals surface area (Å²) in [4.78, 5) is 15.9. The van der Waals surface area contributed by atoms with E-state index in [1.807, 2.05) is 0 Å². The van der Waals surface area contributed by atoms with E-state index in [2.05, 4.69) is 10.3 Å². The zero-order valence-electron chi connectivity index (χ0n) is 13.8. The first-order chi connectivity index (χ1) is 12.4. The molecule has 3 aromatic rings. The van der Waals surface area contributed by atoms with Gasteiger partial charge in [0.15, 0.2) is 0 Å². The van der Waals surface area contributed by atoms with Crippen LogP contribution in [-0.2, 0) is 0 Å². The number of nitrogens with two attached hydrogens (primary N) is 1. The van der Waals surface area contributed by atoms with Crippen LogP contribution in [0.4, 0.5) is 20.3 Å². The molecule has 0 atom stereocenters. The number of ether oxygens (including phenoxy) is 1. The molecule has 0 saturated carbocycles. The predicted molar refractivity (Wildman–Crippen MR) is 94.2 cm³/mol. The number of benzene rings is 2. The van der Waals surface area contributed by atoms with E-state index in [-0.39, 0.29) is 16.9 Å². The molecule has 1 aromatic heterocycles. The number of nitrogens with one attached hydrogen (secondary N) is 1. The Balaban J connectivity index is 1.78. The maximum atomic E-state index is 13.4. The Labute approximate surface area is 148 Å². The Morgan fingerprint density at radius 2 is 1.77 bits per heavy atom. The smallest absolute Gasteiger partial charge is 0.259 e. The van der Waals surface area contributed by atoms with E-state index in [0.29, 0.717) is 17.2 Å². The molecule has 0 bridgehead atoms. The molecule has 0 aliphatic rings. The number of nitrogens with zero attached hydrogens (tertiary/aromatic N) is 1. The highest BCUT2D eigenvalue weighted by Gasteiger charge is 2.14. The number of halogens is 2. The highest BCUT2D eigenvalue weighted by atomic mass is 19.1. The van der Waals surface area contributed by atoms with Gasteiger partial charge in [0.05, 0.1) is 5.56 Å². The number of hydrogen-bond donors (Lipinski definition) is 2. The second-order valence-electron chi connectivity index (χ2n) is 5.57. The zero-order valence-corrected chi connectivity index (χ0v) is 13.8. The molecule has 2 aromatic carbocycles. The van der Waals surface area contributed by atoms with Crippen molar-refractivity contribution in [3.63, 3.8) is 0 Å². The van der Waals surface area contributed by atoms with Crippen molar-refractivity contribution in [2.45, 2.75) is 6.92 Å². The number of carbonyl (C=O) groups is 1. The maximum Gasteiger partial charge on any atom is 0.259 e. The average molecular weight is 355 g/mol. The van der Waals surface area contributed by atoms with Crippen LogP contribution in [-0.4, -0.2) is 10.9 Å². The molecule has 7 heteroatoms. The van der Waals surface area contributed by atoms with Gasteiger partial charge in [-0.05, 0) is 37.3 Å². The highest BCUT2D eigenvalue weighted by Crippen LogP contribution is 2.25. The van der Waals surface area contributed by atoms with Gasteiger partial charge in [-0.1, -0.05) is 12.1 Å². The molecule has 0 saturated heterocycles. The van der Waals surface area contributed by atoms with E-state index in [1.165, 1.54) is 31.2 Å². The second-order valence-corrected chi connectivity index (χ2v) is 5.57. The summed E-state index contributed by atoms with van der Waals surface area (Å²) in [5, 5.41) is 2.65. The number of aromatic nitrogens is 1. The molecule has 0 radical (unpaired) electrons. The van der Waals surface area contributed by atoms with Crippen molar-refractivity contribution in [2.24, 2.45) is 0 Å². The molecule has 132 valence electrons. The number of carbonyl (C=O) groups excluding carboxylic acids is 1. The summed E-state index contributed by atoms with van der Waals surface area (Å²) in [6.45, 7) is 1.49. The summed E-state index contributed by atoms with van der Waals surface area (Å²) in [6.07, 6.45) is 0. The first-order valence-corrected chi connectivity index (χ1v) is 7.70. The molecular weight excluding hydrogens is 340 g/mol. The topological polar surface area (TPSA) is 77.2 Å². The molecular formula is C19H15F2N3O2. The van der Waals surface area contributed by atoms with Crippen LogP contribution in [0.5, 0.6) is 11.5 Å². The van der Waals surface area contributed by atoms with Gasteiger partial charge >= 0.3 is 0 Å². The van der Waals surface area contributed by atoms with Crippen molar-refractivity contribution >= 4 is 17.4 Å². The van der Waals surface area contributed by atoms with Crippen LogP contribution >= 0.6 is 0 Å². The van der Waals surface area contributed by atoms with Gasteiger partial charge in [0.25, 0.3) is 5.91 Å². The number of hydrogen-bond acceptors (Lipinski definition) is 4. The number of nitrogen functional groups attached to an aromatic ring is 1. The van der Waals surface area contributed by atoms with Crippen LogP contribution in [0.25, 0.3) is 0 Å². The SMILES string of the molecule is Cc1cc(C(=O)Nc2cccc(Oc3cccc(F)c3)c2)c(N)nc1F. The molecule has 0 fully saturated rings. The number of anilines is 2. The third kappa shape index (κ3) is 3.94. The van der Waals surface area contributed by atoms with Gasteiger partial charge in [0, 0.05) is 23.4 Å². The molecule has 3 N–H and O–H groups in total. The molecule has 3 rings (SSSR count). The lowest BCUT2D eigenvalue weighted by molar-refractivity contribution is 0.102. The summed E-state index contributed by atoms with van der Waals surface area (Å²) in [5.74, 6) is -1.12. The minimum Gasteiger partial charge on any atom is -0.457 e. The van der Waals surface area contributed by atoms with Gasteiger partial charge in [-0.2, -0.15) is 4.39 Å². The lowest BCUT2D eigenvalue weighted by atomic mass is 10.1. The van der Waals surface area contributed by atoms with Crippen molar-refractivity contribution in [2.75, 3.05) is 11.1 Å². The van der Waals surface area contributed by atoms with Crippen LogP contribution in [0.15, 0.2) is 54.6 Å². The quantitative estimate of drug-likeness (QED) is 0.684. The first kappa shape index (κ1) is 17.3. The molecule has 1 heterocycles. The lowest BCUT2D eigenvalue weighted by Gasteiger charge is -2.10. The number of amides is 1. The minimum atomic E-state index is -0.718. The van der Waals surface area contributed by atoms with E-state index in [4.69, 9.17) is 10.5 Å². The molecule has 0 spiro atoms. The average Bonchev–Trinajstić information content (AvgIpc) is 2.58. The second kappa shape index (κ2) is 7.18. The monoisotopic (exact) mass is 355 g/mol. The Morgan fingerprint density at radius 1 is 1.08 bits per heavy atom. The normalized spacial score (nSPS) is 10.4. The van der Waals surface area contributed by atoms with Gasteiger partial charge in [-0.15, -0.1) is 0 Å². The fourth-order valence-electron chi connectivity index (χ4n) is 2.29. The van der Waals surface area contributed by atoms with E-state index in [1.54, 1.807) is 30.3 Å². The van der Waals surface area contributed by atoms with Gasteiger partial charge in [-0.25, -0.2) is 9.37 Å². The van der Waals surface area contributed by atoms with E-state index in [9.17, 15) is 13.6 Å². The van der Waals surface area contributed by atoms with Crippen molar-refractivity contribution in [1.29, 1.82) is 0 Å². The van der Waals surface area contributed by atoms with Gasteiger partial charge in [-0.3, -0.25) is 4.79 Å². The number of pyridine rings is 1. The zero-order chi connectivity index (χ0) is 18.7. The molecule has 5 nitrogen and oxygen atoms in total. The lowest BCUT2D eigenvalue weighted by Crippen LogP contribution is -2.16. The Morgan fingerprint density at radius 3 is 2.50 bits per heavy atom. The summed E-state index contributed by atoms with van der Waals surface area (Å²) < 4.78 is 32.2. The molecule has 1 amide bonds. The summed E-state index contributed by atoms with van der Waals surface area (Å²) >= 11 is 0. The van der Waals surface area contributed by atoms with E-state index >= 15 is 0 Å². The standard InChI is InChI=1S/C19H15F2N3O2/c1-11-8-16(18(22)24-17(11)21)19(25)23-13-5-3-7-15(10-13)26-14-6-2-4-12(20)9-14/h2-10H,1H3,(H2,22,24)(H,23,25). The molecule has 0 aliphatic heterocycles. The van der Waals surface area contributed by atoms with Crippen LogP contribution in [0.3, 0.4) is 0 Å². The van der Waals surface area contributed by atoms with Crippen molar-refractivity contribution in [3.8, 4) is 11.5 Å². The predicted octanol–water partition coefficient (Wildman–Crippen LogP) is 4.30. The fourth-order valence-corrected chi connectivity index (χ4v) is 2.29. The largest absolute Gasteiger partial charge is 0.457 e. The highest BCUT2D eigenvalue weighted by molar-refractivity contribution is 6.07. The molecule has 0 aliphatic carbocycles. The third-order valence-electron chi connectivity index (χ3n) is 3.55. The number of rotatable bonds is 4. The Kier molecular flexibility index (Phi) is 4.79. The number of aryl methyl sites for hydroxylation is 1. The molecule has 0 unspecified atom stereocenters. The molecule has 26 heavy (non-hydrogen) atoms. The summed E-state index contributed by atoms with van der Waals surface area (Å²) in [5.41, 5.74) is 6.34. The van der Waals surface area contributed by atoms with Crippen LogP contribution in [0.1, 0.15) is 15.9 Å². The van der Waals surface area contributed by atoms with Crippen molar-refractivity contribution < 1.29 is 18.3 Å². The van der Waals surface area contributed by atoms with E-state index < -0.39 is 17.7 Å². The van der Waals surface area contributed by atoms with Crippen LogP contribution < -0.4 is 15.8 Å². The fraction of sp³-hybridized carbons (Fsp3) is 0.0526. The Bertz CT molecular complexity index is 977. The third-order valence-corrected chi connectivity index (χ3v) is 3.55. The Hall–Kier alpha value is -3.48. The minimum absolute atomic E-state index is 0.0698. The maximum absolute atomic E-state index is 13.4. The van der Waals surface area contributed by atoms with Gasteiger partial charge in [0.2, 0.25) is 5.95 Å². The van der Waals surface area contributed by atoms with Crippen LogP contribution in [0.2, 0.25) is 0 Å². The van der Waals surface area contributed by atoms with Crippen molar-refractivity contribution in [1.82, 2.24) is 4.98 Å². The van der Waals surface area contributed by atoms with E-state index in [0.717, 1.165) is 0 Å². The van der Waals surface area contributed by atoms with Gasteiger partial charge < -0.3 is 15.8 Å². The van der Waals surface area contributed by atoms with Crippen LogP contribution in [0, 0.1) is 18.7 Å². The summed E-state index contributed by atoms with van der Waals surface area (Å²) in [7, 11) is 0. The first-order valence-electron chi connectivity index (χ1n) is 7.70. The van der Waals surface area contributed by atoms with Crippen molar-refractivity contribution in [3.05, 3.63) is 77.5 Å². The summed E-state index contributed by atoms with van der Waals surface area (Å²) in [6, 6.07) is 13.6.